The molecule has 0 fully saturated rings. The summed E-state index contributed by atoms with van der Waals surface area (Å²) < 4.78 is 249. The van der Waals surface area contributed by atoms with Crippen LogP contribution in [0.1, 0.15) is 26.2 Å². The number of halogens is 17. The molecular weight excluding hydrogens is 648 g/mol. The van der Waals surface area contributed by atoms with Gasteiger partial charge in [0.1, 0.15) is 6.54 Å². The molecule has 0 aromatic carbocycles. The van der Waals surface area contributed by atoms with Crippen LogP contribution in [0, 0.1) is 0 Å². The van der Waals surface area contributed by atoms with Crippen LogP contribution in [0.2, 0.25) is 0 Å². The lowest BCUT2D eigenvalue weighted by Gasteiger charge is -2.44. The summed E-state index contributed by atoms with van der Waals surface area (Å²) in [6.45, 7) is -1.17. The molecule has 5 nitrogen and oxygen atoms in total. The number of phosphoric ester groups is 1. The van der Waals surface area contributed by atoms with Gasteiger partial charge < -0.3 is 18.4 Å². The van der Waals surface area contributed by atoms with E-state index in [1.807, 2.05) is 0 Å². The number of rotatable bonds is 16. The minimum atomic E-state index is -8.80. The van der Waals surface area contributed by atoms with E-state index in [0.717, 1.165) is 21.1 Å². The Kier molecular flexibility index (Phi) is 11.4. The van der Waals surface area contributed by atoms with Crippen LogP contribution in [-0.2, 0) is 13.6 Å². The van der Waals surface area contributed by atoms with Crippen molar-refractivity contribution >= 4 is 7.82 Å². The summed E-state index contributed by atoms with van der Waals surface area (Å²) in [6, 6.07) is 0. The fraction of sp³-hybridized carbons (Fsp3) is 1.00. The Morgan fingerprint density at radius 2 is 1.02 bits per heavy atom. The lowest BCUT2D eigenvalue weighted by molar-refractivity contribution is -0.874. The minimum absolute atomic E-state index is 0.144. The average Bonchev–Trinajstić information content (AvgIpc) is 2.73. The van der Waals surface area contributed by atoms with Crippen molar-refractivity contribution in [3.63, 3.8) is 0 Å². The standard InChI is InChI=1S/C18H23F17NO4P/c1-5-6-7-8-39-41(37,38)40-10(9-36(2,3)4)11(19,20)12(21,22)13(23,24)14(25,26)15(27,28)16(29,30)17(31,32)18(33,34)35/h10H,5-9H2,1-4H3. The first-order valence-corrected chi connectivity index (χ1v) is 12.2. The molecule has 0 aromatic rings. The van der Waals surface area contributed by atoms with Crippen LogP contribution in [0.3, 0.4) is 0 Å². The van der Waals surface area contributed by atoms with Crippen LogP contribution in [-0.4, -0.2) is 92.5 Å². The molecular formula is C18H23F17NO4P. The van der Waals surface area contributed by atoms with Gasteiger partial charge in [-0.2, -0.15) is 74.6 Å². The van der Waals surface area contributed by atoms with Crippen LogP contribution < -0.4 is 4.89 Å². The summed E-state index contributed by atoms with van der Waals surface area (Å²) >= 11 is 0. The summed E-state index contributed by atoms with van der Waals surface area (Å²) in [6.07, 6.45) is -11.6. The molecule has 0 radical (unpaired) electrons. The minimum Gasteiger partial charge on any atom is -0.756 e. The molecule has 0 saturated carbocycles. The van der Waals surface area contributed by atoms with Crippen LogP contribution in [0.25, 0.3) is 0 Å². The number of nitrogens with zero attached hydrogens (tertiary/aromatic N) is 1. The van der Waals surface area contributed by atoms with E-state index in [4.69, 9.17) is 0 Å². The highest BCUT2D eigenvalue weighted by molar-refractivity contribution is 7.45. The molecule has 0 bridgehead atoms. The number of unbranched alkanes of at least 4 members (excludes halogenated alkanes) is 2. The van der Waals surface area contributed by atoms with Crippen LogP contribution in [0.4, 0.5) is 74.6 Å². The Hall–Kier alpha value is -1.12. The average molecular weight is 671 g/mol. The Morgan fingerprint density at radius 3 is 1.37 bits per heavy atom. The maximum atomic E-state index is 14.7. The molecule has 0 heterocycles. The van der Waals surface area contributed by atoms with E-state index >= 15 is 0 Å². The van der Waals surface area contributed by atoms with Gasteiger partial charge in [0.05, 0.1) is 27.7 Å². The van der Waals surface area contributed by atoms with Crippen molar-refractivity contribution < 1.29 is 97.6 Å². The molecule has 0 rings (SSSR count). The number of hydrogen-bond acceptors (Lipinski definition) is 4. The van der Waals surface area contributed by atoms with Crippen molar-refractivity contribution in [2.45, 2.75) is 79.9 Å². The Morgan fingerprint density at radius 1 is 0.659 bits per heavy atom. The molecule has 0 aliphatic heterocycles. The van der Waals surface area contributed by atoms with Crippen LogP contribution in [0.5, 0.6) is 0 Å². The zero-order valence-corrected chi connectivity index (χ0v) is 22.0. The number of quaternary nitrogens is 1. The van der Waals surface area contributed by atoms with E-state index in [0.29, 0.717) is 6.42 Å². The normalized spacial score (nSPS) is 17.9. The fourth-order valence-electron chi connectivity index (χ4n) is 2.80. The topological polar surface area (TPSA) is 58.6 Å². The third-order valence-electron chi connectivity index (χ3n) is 5.12. The maximum absolute atomic E-state index is 14.7. The Labute approximate surface area is 220 Å². The van der Waals surface area contributed by atoms with Gasteiger partial charge in [0, 0.05) is 0 Å². The molecule has 248 valence electrons. The van der Waals surface area contributed by atoms with E-state index < -0.39 is 79.2 Å². The predicted molar refractivity (Wildman–Crippen MR) is 102 cm³/mol. The maximum Gasteiger partial charge on any atom is 0.460 e. The predicted octanol–water partition coefficient (Wildman–Crippen LogP) is 6.76. The van der Waals surface area contributed by atoms with Gasteiger partial charge >= 0.3 is 47.6 Å². The van der Waals surface area contributed by atoms with Crippen LogP contribution in [0.15, 0.2) is 0 Å². The summed E-state index contributed by atoms with van der Waals surface area (Å²) in [5, 5.41) is 0. The lowest BCUT2D eigenvalue weighted by Crippen LogP contribution is -2.75. The second kappa shape index (κ2) is 11.8. The molecule has 23 heteroatoms. The summed E-state index contributed by atoms with van der Waals surface area (Å²) in [5.74, 6) is -58.3. The monoisotopic (exact) mass is 671 g/mol. The van der Waals surface area contributed by atoms with Gasteiger partial charge in [-0.05, 0) is 6.42 Å². The van der Waals surface area contributed by atoms with Crippen molar-refractivity contribution in [2.24, 2.45) is 0 Å². The lowest BCUT2D eigenvalue weighted by atomic mass is 9.87. The second-order valence-corrected chi connectivity index (χ2v) is 11.0. The number of alkyl halides is 17. The van der Waals surface area contributed by atoms with E-state index in [2.05, 4.69) is 9.05 Å². The zero-order valence-electron chi connectivity index (χ0n) is 21.1. The van der Waals surface area contributed by atoms with Crippen molar-refractivity contribution in [2.75, 3.05) is 34.3 Å². The summed E-state index contributed by atoms with van der Waals surface area (Å²) in [4.78, 5) is 11.9. The Bertz CT molecular complexity index is 933. The SMILES string of the molecule is CCCCCOP(=O)([O-])OC(C[N+](C)(C)C)C(F)(F)C(F)(F)C(F)(F)C(F)(F)C(F)(F)C(F)(F)C(F)(F)C(F)(F)F. The molecule has 0 N–H and O–H groups in total. The van der Waals surface area contributed by atoms with Gasteiger partial charge in [-0.1, -0.05) is 19.8 Å². The van der Waals surface area contributed by atoms with E-state index in [1.165, 1.54) is 0 Å². The largest absolute Gasteiger partial charge is 0.756 e. The Balaban J connectivity index is 6.91. The molecule has 41 heavy (non-hydrogen) atoms. The van der Waals surface area contributed by atoms with Crippen molar-refractivity contribution in [3.05, 3.63) is 0 Å². The molecule has 0 aliphatic rings. The van der Waals surface area contributed by atoms with Gasteiger partial charge in [-0.15, -0.1) is 0 Å². The van der Waals surface area contributed by atoms with Gasteiger partial charge in [0.2, 0.25) is 0 Å². The molecule has 0 amide bonds. The first kappa shape index (κ1) is 39.9. The third-order valence-corrected chi connectivity index (χ3v) is 6.13. The van der Waals surface area contributed by atoms with E-state index in [1.54, 1.807) is 6.92 Å². The van der Waals surface area contributed by atoms with Crippen molar-refractivity contribution in [1.82, 2.24) is 0 Å². The molecule has 0 saturated heterocycles. The highest BCUT2D eigenvalue weighted by Gasteiger charge is 2.95. The molecule has 0 spiro atoms. The summed E-state index contributed by atoms with van der Waals surface area (Å²) in [7, 11) is -3.93. The first-order valence-electron chi connectivity index (χ1n) is 10.8. The van der Waals surface area contributed by atoms with Gasteiger partial charge in [0.25, 0.3) is 7.82 Å². The van der Waals surface area contributed by atoms with Gasteiger partial charge in [0.15, 0.2) is 6.10 Å². The molecule has 0 aliphatic carbocycles. The first-order chi connectivity index (χ1) is 17.6. The third kappa shape index (κ3) is 7.34. The van der Waals surface area contributed by atoms with E-state index in [-0.39, 0.29) is 12.8 Å². The number of phosphoric acid groups is 1. The number of hydrogen-bond donors (Lipinski definition) is 0. The molecule has 2 unspecified atom stereocenters. The molecule has 0 aromatic heterocycles. The highest BCUT2D eigenvalue weighted by Crippen LogP contribution is 2.64. The smallest absolute Gasteiger partial charge is 0.460 e. The fourth-order valence-corrected chi connectivity index (χ4v) is 3.73. The highest BCUT2D eigenvalue weighted by atomic mass is 31.2. The van der Waals surface area contributed by atoms with Gasteiger partial charge in [-0.25, -0.2) is 0 Å². The quantitative estimate of drug-likeness (QED) is 0.0788. The molecule has 2 atom stereocenters. The van der Waals surface area contributed by atoms with E-state index in [9.17, 15) is 84.1 Å². The van der Waals surface area contributed by atoms with Crippen molar-refractivity contribution in [1.29, 1.82) is 0 Å². The van der Waals surface area contributed by atoms with Crippen LogP contribution >= 0.6 is 7.82 Å². The van der Waals surface area contributed by atoms with Crippen molar-refractivity contribution in [3.8, 4) is 0 Å². The number of likely N-dealkylation sites (N-methyl/N-ethyl adjacent to an activating group) is 1. The zero-order chi connectivity index (χ0) is 33.5. The van der Waals surface area contributed by atoms with Gasteiger partial charge in [-0.3, -0.25) is 4.57 Å². The second-order valence-electron chi connectivity index (χ2n) is 9.62. The summed E-state index contributed by atoms with van der Waals surface area (Å²) in [5.41, 5.74) is 0.